The topological polar surface area (TPSA) is 12.5 Å². The average molecular weight is 744 g/mol. The molecule has 0 saturated carbocycles. The third-order valence-electron chi connectivity index (χ3n) is 11.2. The van der Waals surface area contributed by atoms with Crippen molar-refractivity contribution >= 4 is 93.5 Å². The molecule has 0 spiro atoms. The monoisotopic (exact) mass is 743 g/mol. The van der Waals surface area contributed by atoms with Gasteiger partial charge in [0, 0.05) is 55.2 Å². The molecule has 0 unspecified atom stereocenters. The van der Waals surface area contributed by atoms with Gasteiger partial charge in [-0.2, -0.15) is 0 Å². The predicted octanol–water partition coefficient (Wildman–Crippen LogP) is 12.3. The van der Waals surface area contributed by atoms with Gasteiger partial charge in [0.1, 0.15) is 11.5 Å². The lowest BCUT2D eigenvalue weighted by atomic mass is 9.35. The van der Waals surface area contributed by atoms with Crippen LogP contribution in [0.1, 0.15) is 0 Å². The average Bonchev–Trinajstić information content (AvgIpc) is 3.61. The van der Waals surface area contributed by atoms with Gasteiger partial charge in [0.25, 0.3) is 6.71 Å². The summed E-state index contributed by atoms with van der Waals surface area (Å²) in [6, 6.07) is 67.8. The molecule has 0 N–H and O–H groups in total. The standard InChI is InChI=1S/C48H30BNOS3/c1-2-13-32(14-3-1)54(33-26-28-43-35(30-33)34-15-4-9-21-42(34)52-43)46-23-10-6-17-38(46)50(39-18-7-11-24-47(39)54)31-25-27-37-45(29-31)53-44-22-12-20-41-48(44)49(37)36-16-5-8-19-40(36)51-41/h1-30H. The van der Waals surface area contributed by atoms with E-state index in [0.29, 0.717) is 0 Å². The van der Waals surface area contributed by atoms with Gasteiger partial charge in [0.05, 0.1) is 11.4 Å². The zero-order chi connectivity index (χ0) is 35.4. The molecule has 0 radical (unpaired) electrons. The van der Waals surface area contributed by atoms with Crippen LogP contribution in [-0.4, -0.2) is 6.71 Å². The summed E-state index contributed by atoms with van der Waals surface area (Å²) in [4.78, 5) is 10.5. The van der Waals surface area contributed by atoms with Crippen molar-refractivity contribution in [1.29, 1.82) is 0 Å². The van der Waals surface area contributed by atoms with E-state index in [1.165, 1.54) is 83.0 Å². The molecule has 0 amide bonds. The molecule has 0 atom stereocenters. The summed E-state index contributed by atoms with van der Waals surface area (Å²) in [6.45, 7) is 0.130. The van der Waals surface area contributed by atoms with Gasteiger partial charge in [0.15, 0.2) is 0 Å². The summed E-state index contributed by atoms with van der Waals surface area (Å²) in [5.74, 6) is 1.91. The van der Waals surface area contributed by atoms with Gasteiger partial charge < -0.3 is 9.64 Å². The predicted molar refractivity (Wildman–Crippen MR) is 229 cm³/mol. The van der Waals surface area contributed by atoms with Crippen molar-refractivity contribution in [3.8, 4) is 11.5 Å². The van der Waals surface area contributed by atoms with Crippen molar-refractivity contribution in [2.24, 2.45) is 0 Å². The molecular formula is C48H30BNOS3. The van der Waals surface area contributed by atoms with Crippen LogP contribution in [0.5, 0.6) is 11.5 Å². The minimum absolute atomic E-state index is 0.130. The highest BCUT2D eigenvalue weighted by Gasteiger charge is 2.44. The molecule has 3 aliphatic heterocycles. The first-order chi connectivity index (χ1) is 26.8. The van der Waals surface area contributed by atoms with Gasteiger partial charge in [-0.15, -0.1) is 21.4 Å². The summed E-state index contributed by atoms with van der Waals surface area (Å²) in [5.41, 5.74) is 7.46. The van der Waals surface area contributed by atoms with Crippen LogP contribution >= 0.6 is 33.1 Å². The molecule has 4 heterocycles. The zero-order valence-electron chi connectivity index (χ0n) is 29.0. The largest absolute Gasteiger partial charge is 0.458 e. The maximum absolute atomic E-state index is 6.45. The lowest BCUT2D eigenvalue weighted by Crippen LogP contribution is -2.57. The van der Waals surface area contributed by atoms with Crippen LogP contribution in [0.15, 0.2) is 211 Å². The first-order valence-electron chi connectivity index (χ1n) is 18.3. The van der Waals surface area contributed by atoms with E-state index in [9.17, 15) is 0 Å². The first kappa shape index (κ1) is 30.8. The molecule has 254 valence electrons. The Morgan fingerprint density at radius 1 is 0.481 bits per heavy atom. The van der Waals surface area contributed by atoms with Crippen LogP contribution in [0, 0.1) is 0 Å². The number of ether oxygens (including phenoxy) is 1. The summed E-state index contributed by atoms with van der Waals surface area (Å²) >= 11 is 3.74. The lowest BCUT2D eigenvalue weighted by molar-refractivity contribution is 0.486. The van der Waals surface area contributed by atoms with Crippen molar-refractivity contribution in [2.45, 2.75) is 29.4 Å². The fourth-order valence-corrected chi connectivity index (χ4v) is 15.4. The van der Waals surface area contributed by atoms with Crippen molar-refractivity contribution in [1.82, 2.24) is 0 Å². The van der Waals surface area contributed by atoms with Gasteiger partial charge in [-0.3, -0.25) is 0 Å². The Labute approximate surface area is 324 Å². The first-order valence-corrected chi connectivity index (χ1v) is 21.5. The summed E-state index contributed by atoms with van der Waals surface area (Å²) in [5, 5.41) is 2.66. The molecule has 3 aliphatic rings. The maximum Gasteiger partial charge on any atom is 0.253 e. The molecular weight excluding hydrogens is 714 g/mol. The van der Waals surface area contributed by atoms with Crippen LogP contribution in [0.2, 0.25) is 0 Å². The van der Waals surface area contributed by atoms with Crippen LogP contribution in [0.4, 0.5) is 17.1 Å². The highest BCUT2D eigenvalue weighted by Crippen LogP contribution is 2.79. The number of anilines is 3. The Hall–Kier alpha value is -5.66. The molecule has 1 aromatic heterocycles. The fraction of sp³-hybridized carbons (Fsp3) is 0. The lowest BCUT2D eigenvalue weighted by Gasteiger charge is -2.50. The molecule has 8 aromatic carbocycles. The van der Waals surface area contributed by atoms with Gasteiger partial charge in [-0.05, 0) is 102 Å². The van der Waals surface area contributed by atoms with Gasteiger partial charge in [-0.1, -0.05) is 108 Å². The van der Waals surface area contributed by atoms with Gasteiger partial charge in [-0.25, -0.2) is 0 Å². The molecule has 54 heavy (non-hydrogen) atoms. The number of rotatable bonds is 3. The highest BCUT2D eigenvalue weighted by atomic mass is 32.3. The summed E-state index contributed by atoms with van der Waals surface area (Å²) in [7, 11) is -1.91. The second-order valence-corrected chi connectivity index (χ2v) is 19.2. The van der Waals surface area contributed by atoms with Crippen molar-refractivity contribution in [2.75, 3.05) is 4.90 Å². The van der Waals surface area contributed by atoms with Crippen LogP contribution < -0.4 is 26.0 Å². The zero-order valence-corrected chi connectivity index (χ0v) is 31.4. The molecule has 2 nitrogen and oxygen atoms in total. The van der Waals surface area contributed by atoms with Crippen molar-refractivity contribution in [3.05, 3.63) is 182 Å². The molecule has 6 heteroatoms. The number of hydrogen-bond donors (Lipinski definition) is 0. The van der Waals surface area contributed by atoms with Crippen molar-refractivity contribution < 1.29 is 4.74 Å². The van der Waals surface area contributed by atoms with Crippen LogP contribution in [-0.2, 0) is 0 Å². The molecule has 0 saturated heterocycles. The second-order valence-electron chi connectivity index (χ2n) is 14.0. The quantitative estimate of drug-likeness (QED) is 0.167. The number of nitrogens with zero attached hydrogens (tertiary/aromatic N) is 1. The van der Waals surface area contributed by atoms with Crippen LogP contribution in [0.25, 0.3) is 20.2 Å². The number of hydrogen-bond acceptors (Lipinski definition) is 4. The Morgan fingerprint density at radius 2 is 1.19 bits per heavy atom. The van der Waals surface area contributed by atoms with E-state index in [4.69, 9.17) is 4.74 Å². The maximum atomic E-state index is 6.45. The molecule has 12 rings (SSSR count). The fourth-order valence-electron chi connectivity index (χ4n) is 9.00. The van der Waals surface area contributed by atoms with Gasteiger partial charge in [0.2, 0.25) is 0 Å². The molecule has 0 aliphatic carbocycles. The highest BCUT2D eigenvalue weighted by molar-refractivity contribution is 8.34. The van der Waals surface area contributed by atoms with E-state index in [0.717, 1.165) is 11.5 Å². The second kappa shape index (κ2) is 11.7. The van der Waals surface area contributed by atoms with Gasteiger partial charge >= 0.3 is 0 Å². The van der Waals surface area contributed by atoms with E-state index in [2.05, 4.69) is 187 Å². The van der Waals surface area contributed by atoms with Crippen molar-refractivity contribution in [3.63, 3.8) is 0 Å². The molecule has 0 fully saturated rings. The minimum atomic E-state index is -1.91. The Balaban J connectivity index is 1.10. The number of benzene rings is 8. The SMILES string of the molecule is c1ccc(S2(c3ccc4sc5ccccc5c4c3)c3ccccc3N(c3ccc4c(c3)Sc3cccc5c3B4c3ccccc3O5)c3ccccc32)cc1. The number of thiophene rings is 1. The third-order valence-corrected chi connectivity index (χ3v) is 17.5. The van der Waals surface area contributed by atoms with E-state index in [1.54, 1.807) is 0 Å². The normalized spacial score (nSPS) is 15.0. The smallest absolute Gasteiger partial charge is 0.253 e. The number of fused-ring (bicyclic) bond motifs is 9. The molecule has 9 aromatic rings. The van der Waals surface area contributed by atoms with E-state index >= 15 is 0 Å². The molecule has 0 bridgehead atoms. The van der Waals surface area contributed by atoms with E-state index < -0.39 is 10.0 Å². The van der Waals surface area contributed by atoms with Crippen LogP contribution in [0.3, 0.4) is 0 Å². The summed E-state index contributed by atoms with van der Waals surface area (Å²) < 4.78 is 9.11. The van der Waals surface area contributed by atoms with E-state index in [1.807, 2.05) is 23.1 Å². The Morgan fingerprint density at radius 3 is 2.04 bits per heavy atom. The number of para-hydroxylation sites is 3. The third kappa shape index (κ3) is 4.22. The minimum Gasteiger partial charge on any atom is -0.458 e. The Kier molecular flexibility index (Phi) is 6.65. The summed E-state index contributed by atoms with van der Waals surface area (Å²) in [6.07, 6.45) is 0. The Bertz CT molecular complexity index is 2950. The van der Waals surface area contributed by atoms with E-state index in [-0.39, 0.29) is 6.71 Å².